The van der Waals surface area contributed by atoms with E-state index in [-0.39, 0.29) is 23.9 Å². The number of hydrogen-bond acceptors (Lipinski definition) is 2. The standard InChI is InChI=1S/C21H24F3NO/c1-12-7-17(22)19(18(23)8-12)20-16-6-5-15(26)10-14(16)9-13(2)25(20)11-21(3,4)24/h5-8,10,13,20,26H,9,11H2,1-4H3/t13-,20+/m1/s1. The van der Waals surface area contributed by atoms with Crippen LogP contribution < -0.4 is 0 Å². The van der Waals surface area contributed by atoms with Crippen molar-refractivity contribution in [3.8, 4) is 5.75 Å². The number of alkyl halides is 1. The van der Waals surface area contributed by atoms with Crippen molar-refractivity contribution in [2.45, 2.75) is 51.9 Å². The Labute approximate surface area is 152 Å². The van der Waals surface area contributed by atoms with E-state index in [1.165, 1.54) is 32.0 Å². The lowest BCUT2D eigenvalue weighted by Crippen LogP contribution is -2.48. The SMILES string of the molecule is Cc1cc(F)c([C@@H]2c3ccc(O)cc3C[C@@H](C)N2CC(C)(C)F)c(F)c1. The van der Waals surface area contributed by atoms with Crippen LogP contribution >= 0.6 is 0 Å². The maximum atomic E-state index is 14.8. The van der Waals surface area contributed by atoms with Gasteiger partial charge in [0, 0.05) is 18.2 Å². The van der Waals surface area contributed by atoms with Gasteiger partial charge in [0.25, 0.3) is 0 Å². The third-order valence-electron chi connectivity index (χ3n) is 4.89. The van der Waals surface area contributed by atoms with E-state index in [9.17, 15) is 18.3 Å². The highest BCUT2D eigenvalue weighted by Crippen LogP contribution is 2.42. The smallest absolute Gasteiger partial charge is 0.131 e. The van der Waals surface area contributed by atoms with Crippen molar-refractivity contribution >= 4 is 0 Å². The fraction of sp³-hybridized carbons (Fsp3) is 0.429. The van der Waals surface area contributed by atoms with Gasteiger partial charge in [-0.25, -0.2) is 13.2 Å². The van der Waals surface area contributed by atoms with Crippen LogP contribution in [0.1, 0.15) is 49.1 Å². The predicted octanol–water partition coefficient (Wildman–Crippen LogP) is 5.06. The van der Waals surface area contributed by atoms with Crippen molar-refractivity contribution in [3.05, 3.63) is 64.2 Å². The minimum Gasteiger partial charge on any atom is -0.508 e. The summed E-state index contributed by atoms with van der Waals surface area (Å²) in [6.45, 7) is 6.52. The Balaban J connectivity index is 2.22. The second-order valence-corrected chi connectivity index (χ2v) is 7.87. The molecular formula is C21H24F3NO. The monoisotopic (exact) mass is 363 g/mol. The van der Waals surface area contributed by atoms with Gasteiger partial charge in [0.15, 0.2) is 0 Å². The Morgan fingerprint density at radius 2 is 1.77 bits per heavy atom. The van der Waals surface area contributed by atoms with Gasteiger partial charge in [-0.3, -0.25) is 4.90 Å². The van der Waals surface area contributed by atoms with Gasteiger partial charge in [-0.05, 0) is 75.1 Å². The molecule has 140 valence electrons. The lowest BCUT2D eigenvalue weighted by molar-refractivity contribution is 0.0652. The Hall–Kier alpha value is -2.01. The molecule has 2 atom stereocenters. The van der Waals surface area contributed by atoms with Crippen molar-refractivity contribution in [3.63, 3.8) is 0 Å². The second kappa shape index (κ2) is 6.62. The molecule has 2 aromatic rings. The van der Waals surface area contributed by atoms with E-state index < -0.39 is 23.3 Å². The summed E-state index contributed by atoms with van der Waals surface area (Å²) < 4.78 is 44.1. The Morgan fingerprint density at radius 3 is 2.35 bits per heavy atom. The number of aromatic hydroxyl groups is 1. The van der Waals surface area contributed by atoms with Crippen LogP contribution in [-0.2, 0) is 6.42 Å². The lowest BCUT2D eigenvalue weighted by atomic mass is 9.83. The minimum absolute atomic E-state index is 0.0475. The van der Waals surface area contributed by atoms with Crippen LogP contribution in [0.15, 0.2) is 30.3 Å². The molecule has 5 heteroatoms. The first-order valence-corrected chi connectivity index (χ1v) is 8.79. The molecule has 1 aliphatic rings. The Morgan fingerprint density at radius 1 is 1.15 bits per heavy atom. The van der Waals surface area contributed by atoms with E-state index in [0.717, 1.165) is 5.56 Å². The molecule has 3 rings (SSSR count). The highest BCUT2D eigenvalue weighted by molar-refractivity contribution is 5.45. The van der Waals surface area contributed by atoms with Gasteiger partial charge in [0.05, 0.1) is 6.04 Å². The molecule has 0 spiro atoms. The Kier molecular flexibility index (Phi) is 4.78. The predicted molar refractivity (Wildman–Crippen MR) is 96.1 cm³/mol. The summed E-state index contributed by atoms with van der Waals surface area (Å²) in [7, 11) is 0. The number of halogens is 3. The first-order valence-electron chi connectivity index (χ1n) is 8.79. The number of fused-ring (bicyclic) bond motifs is 1. The van der Waals surface area contributed by atoms with E-state index in [4.69, 9.17) is 0 Å². The zero-order valence-electron chi connectivity index (χ0n) is 15.5. The zero-order chi connectivity index (χ0) is 19.2. The maximum Gasteiger partial charge on any atom is 0.131 e. The first-order chi connectivity index (χ1) is 12.1. The highest BCUT2D eigenvalue weighted by Gasteiger charge is 2.39. The van der Waals surface area contributed by atoms with Crippen LogP contribution in [0.25, 0.3) is 0 Å². The zero-order valence-corrected chi connectivity index (χ0v) is 15.5. The van der Waals surface area contributed by atoms with Crippen molar-refractivity contribution in [1.82, 2.24) is 4.90 Å². The quantitative estimate of drug-likeness (QED) is 0.824. The summed E-state index contributed by atoms with van der Waals surface area (Å²) >= 11 is 0. The summed E-state index contributed by atoms with van der Waals surface area (Å²) in [6, 6.07) is 6.53. The van der Waals surface area contributed by atoms with Crippen molar-refractivity contribution < 1.29 is 18.3 Å². The lowest BCUT2D eigenvalue weighted by Gasteiger charge is -2.44. The second-order valence-electron chi connectivity index (χ2n) is 7.87. The van der Waals surface area contributed by atoms with E-state index in [2.05, 4.69) is 0 Å². The fourth-order valence-corrected chi connectivity index (χ4v) is 3.88. The largest absolute Gasteiger partial charge is 0.508 e. The summed E-state index contributed by atoms with van der Waals surface area (Å²) in [5, 5.41) is 9.81. The number of hydrogen-bond donors (Lipinski definition) is 1. The average molecular weight is 363 g/mol. The van der Waals surface area contributed by atoms with Gasteiger partial charge in [0.1, 0.15) is 23.1 Å². The normalized spacial score (nSPS) is 20.9. The van der Waals surface area contributed by atoms with Crippen LogP contribution in [0, 0.1) is 18.6 Å². The van der Waals surface area contributed by atoms with Crippen LogP contribution in [0.4, 0.5) is 13.2 Å². The molecule has 2 nitrogen and oxygen atoms in total. The highest BCUT2D eigenvalue weighted by atomic mass is 19.1. The van der Waals surface area contributed by atoms with Gasteiger partial charge < -0.3 is 5.11 Å². The molecule has 0 unspecified atom stereocenters. The molecule has 0 aliphatic carbocycles. The topological polar surface area (TPSA) is 23.5 Å². The Bertz CT molecular complexity index is 805. The molecule has 1 aliphatic heterocycles. The number of nitrogens with zero attached hydrogens (tertiary/aromatic N) is 1. The summed E-state index contributed by atoms with van der Waals surface area (Å²) in [5.74, 6) is -1.16. The van der Waals surface area contributed by atoms with Crippen LogP contribution in [0.3, 0.4) is 0 Å². The molecule has 0 bridgehead atoms. The van der Waals surface area contributed by atoms with E-state index in [1.54, 1.807) is 19.1 Å². The number of phenolic OH excluding ortho intramolecular Hbond substituents is 1. The maximum absolute atomic E-state index is 14.8. The molecule has 0 saturated heterocycles. The molecule has 0 amide bonds. The first kappa shape index (κ1) is 18.8. The van der Waals surface area contributed by atoms with E-state index in [1.807, 2.05) is 11.8 Å². The van der Waals surface area contributed by atoms with Gasteiger partial charge in [-0.1, -0.05) is 6.07 Å². The number of rotatable bonds is 3. The fourth-order valence-electron chi connectivity index (χ4n) is 3.88. The molecule has 0 aromatic heterocycles. The minimum atomic E-state index is -1.52. The summed E-state index contributed by atoms with van der Waals surface area (Å²) in [6.07, 6.45) is 0.575. The van der Waals surface area contributed by atoms with Gasteiger partial charge in [0.2, 0.25) is 0 Å². The van der Waals surface area contributed by atoms with Crippen molar-refractivity contribution in [2.75, 3.05) is 6.54 Å². The average Bonchev–Trinajstić information content (AvgIpc) is 2.47. The number of aryl methyl sites for hydroxylation is 1. The molecule has 26 heavy (non-hydrogen) atoms. The van der Waals surface area contributed by atoms with Crippen LogP contribution in [0.2, 0.25) is 0 Å². The summed E-state index contributed by atoms with van der Waals surface area (Å²) in [5.41, 5.74) is 0.439. The van der Waals surface area contributed by atoms with Gasteiger partial charge >= 0.3 is 0 Å². The third-order valence-corrected chi connectivity index (χ3v) is 4.89. The van der Waals surface area contributed by atoms with E-state index in [0.29, 0.717) is 17.5 Å². The molecule has 0 saturated carbocycles. The molecule has 0 radical (unpaired) electrons. The molecule has 1 N–H and O–H groups in total. The number of phenols is 1. The number of benzene rings is 2. The molecule has 2 aromatic carbocycles. The molecule has 1 heterocycles. The molecular weight excluding hydrogens is 339 g/mol. The van der Waals surface area contributed by atoms with Crippen LogP contribution in [-0.4, -0.2) is 28.3 Å². The summed E-state index contributed by atoms with van der Waals surface area (Å²) in [4.78, 5) is 1.82. The third kappa shape index (κ3) is 3.58. The van der Waals surface area contributed by atoms with Crippen LogP contribution in [0.5, 0.6) is 5.75 Å². The van der Waals surface area contributed by atoms with Crippen molar-refractivity contribution in [1.29, 1.82) is 0 Å². The van der Waals surface area contributed by atoms with Gasteiger partial charge in [-0.15, -0.1) is 0 Å². The molecule has 0 fully saturated rings. The van der Waals surface area contributed by atoms with Gasteiger partial charge in [-0.2, -0.15) is 0 Å². The van der Waals surface area contributed by atoms with Crippen molar-refractivity contribution in [2.24, 2.45) is 0 Å². The van der Waals surface area contributed by atoms with E-state index >= 15 is 0 Å².